The van der Waals surface area contributed by atoms with Gasteiger partial charge in [0, 0.05) is 5.39 Å². The summed E-state index contributed by atoms with van der Waals surface area (Å²) < 4.78 is 42.0. The molecule has 13 nitrogen and oxygen atoms in total. The number of halogens is 3. The maximum absolute atomic E-state index is 13.7. The number of carbonyl (C=O) groups excluding carboxylic acids is 1. The molecule has 6 aromatic rings. The van der Waals surface area contributed by atoms with Crippen molar-refractivity contribution in [1.29, 1.82) is 5.26 Å². The summed E-state index contributed by atoms with van der Waals surface area (Å²) in [6, 6.07) is 18.2. The van der Waals surface area contributed by atoms with Crippen LogP contribution < -0.4 is 10.9 Å². The first-order valence-corrected chi connectivity index (χ1v) is 12.9. The Morgan fingerprint density at radius 1 is 0.978 bits per heavy atom. The van der Waals surface area contributed by atoms with Gasteiger partial charge in [0.1, 0.15) is 23.2 Å². The van der Waals surface area contributed by atoms with Gasteiger partial charge in [0.15, 0.2) is 11.6 Å². The Balaban J connectivity index is 1.51. The molecule has 1 atom stereocenters. The molecule has 222 valence electrons. The van der Waals surface area contributed by atoms with E-state index in [0.29, 0.717) is 0 Å². The Morgan fingerprint density at radius 3 is 2.36 bits per heavy atom. The van der Waals surface area contributed by atoms with Gasteiger partial charge in [-0.15, -0.1) is 5.11 Å². The molecule has 0 aliphatic carbocycles. The van der Waals surface area contributed by atoms with E-state index in [1.54, 1.807) is 30.3 Å². The number of nitrogens with one attached hydrogen (secondary N) is 2. The summed E-state index contributed by atoms with van der Waals surface area (Å²) in [5, 5.41) is 35.0. The zero-order valence-electron chi connectivity index (χ0n) is 22.6. The third kappa shape index (κ3) is 5.52. The van der Waals surface area contributed by atoms with Crippen LogP contribution in [0.1, 0.15) is 23.3 Å². The summed E-state index contributed by atoms with van der Waals surface area (Å²) in [5.74, 6) is -3.57. The van der Waals surface area contributed by atoms with Crippen LogP contribution in [0.5, 0.6) is 5.75 Å². The molecule has 0 aliphatic heterocycles. The van der Waals surface area contributed by atoms with Crippen molar-refractivity contribution in [2.45, 2.75) is 12.2 Å². The minimum Gasteiger partial charge on any atom is -0.506 e. The van der Waals surface area contributed by atoms with E-state index in [4.69, 9.17) is 0 Å². The van der Waals surface area contributed by atoms with Crippen molar-refractivity contribution >= 4 is 39.2 Å². The van der Waals surface area contributed by atoms with Gasteiger partial charge in [-0.3, -0.25) is 9.59 Å². The first-order valence-electron chi connectivity index (χ1n) is 12.9. The number of rotatable bonds is 6. The Kier molecular flexibility index (Phi) is 7.18. The number of hydrogen-bond donors (Lipinski definition) is 3. The average Bonchev–Trinajstić information content (AvgIpc) is 3.44. The molecule has 3 aromatic carbocycles. The molecule has 0 saturated carbocycles. The molecular weight excluding hydrogens is 593 g/mol. The smallest absolute Gasteiger partial charge is 0.451 e. The minimum absolute atomic E-state index is 0.0146. The molecule has 3 heterocycles. The number of nitriles is 1. The standard InChI is InChI=1S/C29H17F3N10O3/c30-29(31,32)28-37-18-9-3-1-7-16(18)25(39-28)42-24(15(13-33)14-34-42)41-40-22(27(45)36-20-11-5-6-12-21(20)43)23-35-19-10-4-2-8-17(19)26(44)38-23/h1-12,14,22,43H,(H,36,45)(H,35,38,44). The number of aromatic nitrogens is 6. The lowest BCUT2D eigenvalue weighted by molar-refractivity contribution is -0.144. The molecule has 16 heteroatoms. The molecule has 0 bridgehead atoms. The highest BCUT2D eigenvalue weighted by Gasteiger charge is 2.36. The number of para-hydroxylation sites is 4. The van der Waals surface area contributed by atoms with Crippen molar-refractivity contribution in [1.82, 2.24) is 29.7 Å². The number of H-pyrrole nitrogens is 1. The molecule has 0 fully saturated rings. The molecule has 45 heavy (non-hydrogen) atoms. The van der Waals surface area contributed by atoms with Crippen LogP contribution in [0.4, 0.5) is 24.7 Å². The first kappa shape index (κ1) is 28.6. The number of azo groups is 1. The molecule has 0 spiro atoms. The number of hydrogen-bond acceptors (Lipinski definition) is 10. The number of fused-ring (bicyclic) bond motifs is 2. The lowest BCUT2D eigenvalue weighted by Gasteiger charge is -2.13. The van der Waals surface area contributed by atoms with Crippen LogP contribution in [-0.2, 0) is 11.0 Å². The fourth-order valence-electron chi connectivity index (χ4n) is 4.38. The van der Waals surface area contributed by atoms with E-state index < -0.39 is 29.5 Å². The number of alkyl halides is 3. The van der Waals surface area contributed by atoms with E-state index in [1.165, 1.54) is 42.5 Å². The Labute approximate surface area is 249 Å². The van der Waals surface area contributed by atoms with Crippen LogP contribution in [0.15, 0.2) is 94.0 Å². The minimum atomic E-state index is -4.91. The van der Waals surface area contributed by atoms with E-state index in [-0.39, 0.29) is 56.3 Å². The normalized spacial score (nSPS) is 12.4. The SMILES string of the molecule is N#Cc1cnn(-c2nc(C(F)(F)F)nc3ccccc23)c1N=NC(C(=O)Nc1ccccc1O)c1nc2ccccc2c(=O)[nH]1. The zero-order valence-corrected chi connectivity index (χ0v) is 22.6. The second kappa shape index (κ2) is 11.3. The Morgan fingerprint density at radius 2 is 1.64 bits per heavy atom. The van der Waals surface area contributed by atoms with E-state index in [9.17, 15) is 33.1 Å². The van der Waals surface area contributed by atoms with Gasteiger partial charge in [-0.1, -0.05) is 36.4 Å². The summed E-state index contributed by atoms with van der Waals surface area (Å²) in [7, 11) is 0. The number of phenolic OH excluding ortho intramolecular Hbond substituents is 1. The Hall–Kier alpha value is -6.50. The summed E-state index contributed by atoms with van der Waals surface area (Å²) in [6.45, 7) is 0. The molecule has 6 rings (SSSR count). The molecule has 0 saturated heterocycles. The van der Waals surface area contributed by atoms with Crippen molar-refractivity contribution in [3.05, 3.63) is 107 Å². The summed E-state index contributed by atoms with van der Waals surface area (Å²) in [6.07, 6.45) is -3.86. The average molecular weight is 611 g/mol. The second-order valence-electron chi connectivity index (χ2n) is 9.38. The summed E-state index contributed by atoms with van der Waals surface area (Å²) in [5.41, 5.74) is -0.595. The number of benzene rings is 3. The molecule has 1 unspecified atom stereocenters. The third-order valence-corrected chi connectivity index (χ3v) is 6.47. The maximum atomic E-state index is 13.7. The van der Waals surface area contributed by atoms with Crippen LogP contribution in [0.25, 0.3) is 27.6 Å². The predicted octanol–water partition coefficient (Wildman–Crippen LogP) is 5.11. The van der Waals surface area contributed by atoms with Crippen molar-refractivity contribution < 1.29 is 23.1 Å². The molecule has 0 aliphatic rings. The highest BCUT2D eigenvalue weighted by molar-refractivity contribution is 5.96. The number of amides is 1. The van der Waals surface area contributed by atoms with Gasteiger partial charge >= 0.3 is 6.18 Å². The van der Waals surface area contributed by atoms with Gasteiger partial charge in [0.2, 0.25) is 11.9 Å². The highest BCUT2D eigenvalue weighted by atomic mass is 19.4. The van der Waals surface area contributed by atoms with Crippen molar-refractivity contribution in [3.8, 4) is 17.6 Å². The van der Waals surface area contributed by atoms with E-state index in [2.05, 4.69) is 40.6 Å². The number of anilines is 1. The van der Waals surface area contributed by atoms with Gasteiger partial charge in [0.05, 0.1) is 28.3 Å². The largest absolute Gasteiger partial charge is 0.506 e. The van der Waals surface area contributed by atoms with E-state index in [0.717, 1.165) is 10.9 Å². The Bertz CT molecular complexity index is 2240. The van der Waals surface area contributed by atoms with Gasteiger partial charge in [-0.25, -0.2) is 15.0 Å². The van der Waals surface area contributed by atoms with Gasteiger partial charge in [0.25, 0.3) is 11.5 Å². The van der Waals surface area contributed by atoms with Crippen LogP contribution in [-0.4, -0.2) is 40.7 Å². The van der Waals surface area contributed by atoms with Crippen LogP contribution >= 0.6 is 0 Å². The monoisotopic (exact) mass is 610 g/mol. The fraction of sp³-hybridized carbons (Fsp3) is 0.0690. The summed E-state index contributed by atoms with van der Waals surface area (Å²) >= 11 is 0. The van der Waals surface area contributed by atoms with Crippen molar-refractivity contribution in [3.63, 3.8) is 0 Å². The molecule has 3 aromatic heterocycles. The number of phenols is 1. The molecule has 0 radical (unpaired) electrons. The van der Waals surface area contributed by atoms with Gasteiger partial charge in [-0.2, -0.15) is 33.3 Å². The molecule has 3 N–H and O–H groups in total. The van der Waals surface area contributed by atoms with Crippen LogP contribution in [0, 0.1) is 11.3 Å². The third-order valence-electron chi connectivity index (χ3n) is 6.47. The number of aromatic hydroxyl groups is 1. The van der Waals surface area contributed by atoms with E-state index >= 15 is 0 Å². The van der Waals surface area contributed by atoms with Crippen LogP contribution in [0.3, 0.4) is 0 Å². The zero-order chi connectivity index (χ0) is 31.7. The molecule has 1 amide bonds. The van der Waals surface area contributed by atoms with Crippen molar-refractivity contribution in [2.24, 2.45) is 10.2 Å². The lowest BCUT2D eigenvalue weighted by Crippen LogP contribution is -2.24. The predicted molar refractivity (Wildman–Crippen MR) is 153 cm³/mol. The van der Waals surface area contributed by atoms with Gasteiger partial charge < -0.3 is 15.4 Å². The second-order valence-corrected chi connectivity index (χ2v) is 9.38. The summed E-state index contributed by atoms with van der Waals surface area (Å²) in [4.78, 5) is 40.5. The lowest BCUT2D eigenvalue weighted by atomic mass is 10.2. The topological polar surface area (TPSA) is 187 Å². The first-order chi connectivity index (χ1) is 21.6. The highest BCUT2D eigenvalue weighted by Crippen LogP contribution is 2.33. The number of aromatic amines is 1. The maximum Gasteiger partial charge on any atom is 0.451 e. The number of nitrogens with zero attached hydrogens (tertiary/aromatic N) is 8. The number of carbonyl (C=O) groups is 1. The van der Waals surface area contributed by atoms with Crippen LogP contribution in [0.2, 0.25) is 0 Å². The fourth-order valence-corrected chi connectivity index (χ4v) is 4.38. The van der Waals surface area contributed by atoms with Crippen molar-refractivity contribution in [2.75, 3.05) is 5.32 Å². The van der Waals surface area contributed by atoms with Gasteiger partial charge in [-0.05, 0) is 36.4 Å². The quantitative estimate of drug-likeness (QED) is 0.171. The molecular formula is C29H17F3N10O3. The van der Waals surface area contributed by atoms with E-state index in [1.807, 2.05) is 6.07 Å².